The Hall–Kier alpha value is -1.14. The molecule has 2 aromatic heterocycles. The van der Waals surface area contributed by atoms with Crippen molar-refractivity contribution in [3.8, 4) is 0 Å². The Bertz CT molecular complexity index is 455. The monoisotopic (exact) mass is 238 g/mol. The molecule has 78 valence electrons. The first-order valence-corrected chi connectivity index (χ1v) is 6.18. The summed E-state index contributed by atoms with van der Waals surface area (Å²) >= 11 is 3.23. The topological polar surface area (TPSA) is 64.7 Å². The number of thioether (sulfide) groups is 1. The van der Waals surface area contributed by atoms with Crippen molar-refractivity contribution in [2.45, 2.75) is 17.0 Å². The van der Waals surface area contributed by atoms with Gasteiger partial charge in [-0.15, -0.1) is 10.2 Å². The first kappa shape index (κ1) is 10.4. The predicted octanol–water partition coefficient (Wildman–Crippen LogP) is 2.12. The molecule has 0 aromatic carbocycles. The lowest BCUT2D eigenvalue weighted by Gasteiger charge is -2.01. The molecule has 4 nitrogen and oxygen atoms in total. The van der Waals surface area contributed by atoms with Crippen molar-refractivity contribution in [3.05, 3.63) is 28.9 Å². The fourth-order valence-corrected chi connectivity index (χ4v) is 2.86. The molecule has 6 heteroatoms. The average Bonchev–Trinajstić information content (AvgIpc) is 2.63. The molecule has 2 heterocycles. The van der Waals surface area contributed by atoms with Crippen LogP contribution in [0.3, 0.4) is 0 Å². The van der Waals surface area contributed by atoms with Crippen molar-refractivity contribution in [1.82, 2.24) is 15.2 Å². The van der Waals surface area contributed by atoms with Gasteiger partial charge in [-0.2, -0.15) is 0 Å². The van der Waals surface area contributed by atoms with Crippen LogP contribution in [0.2, 0.25) is 0 Å². The van der Waals surface area contributed by atoms with Gasteiger partial charge >= 0.3 is 0 Å². The summed E-state index contributed by atoms with van der Waals surface area (Å²) in [6.07, 6.45) is 1.69. The van der Waals surface area contributed by atoms with Crippen LogP contribution in [0.15, 0.2) is 22.7 Å². The van der Waals surface area contributed by atoms with Crippen molar-refractivity contribution in [2.75, 3.05) is 5.73 Å². The van der Waals surface area contributed by atoms with Crippen molar-refractivity contribution < 1.29 is 0 Å². The van der Waals surface area contributed by atoms with Gasteiger partial charge in [0.15, 0.2) is 4.34 Å². The van der Waals surface area contributed by atoms with Crippen LogP contribution in [0.25, 0.3) is 0 Å². The number of nitrogens with two attached hydrogens (primary N) is 1. The van der Waals surface area contributed by atoms with Gasteiger partial charge in [-0.3, -0.25) is 0 Å². The average molecular weight is 238 g/mol. The molecule has 0 atom stereocenters. The van der Waals surface area contributed by atoms with E-state index in [1.54, 1.807) is 29.3 Å². The highest BCUT2D eigenvalue weighted by Crippen LogP contribution is 2.26. The number of nitrogen functional groups attached to an aromatic ring is 1. The highest BCUT2D eigenvalue weighted by Gasteiger charge is 2.04. The Morgan fingerprint density at radius 1 is 1.47 bits per heavy atom. The number of anilines is 1. The Labute approximate surface area is 95.9 Å². The second-order valence-electron chi connectivity index (χ2n) is 2.92. The normalized spacial score (nSPS) is 10.5. The molecule has 0 radical (unpaired) electrons. The van der Waals surface area contributed by atoms with E-state index in [1.807, 2.05) is 19.1 Å². The number of hydrogen-bond acceptors (Lipinski definition) is 6. The van der Waals surface area contributed by atoms with E-state index in [2.05, 4.69) is 15.2 Å². The van der Waals surface area contributed by atoms with Gasteiger partial charge in [0.2, 0.25) is 0 Å². The van der Waals surface area contributed by atoms with Gasteiger partial charge in [0, 0.05) is 17.5 Å². The molecule has 15 heavy (non-hydrogen) atoms. The molecular weight excluding hydrogens is 228 g/mol. The van der Waals surface area contributed by atoms with Crippen LogP contribution in [-0.2, 0) is 5.75 Å². The van der Waals surface area contributed by atoms with Crippen LogP contribution < -0.4 is 5.73 Å². The quantitative estimate of drug-likeness (QED) is 0.830. The van der Waals surface area contributed by atoms with Crippen LogP contribution in [0, 0.1) is 6.92 Å². The second kappa shape index (κ2) is 4.59. The zero-order chi connectivity index (χ0) is 10.7. The van der Waals surface area contributed by atoms with E-state index in [4.69, 9.17) is 5.73 Å². The van der Waals surface area contributed by atoms with E-state index in [0.29, 0.717) is 5.82 Å². The molecule has 0 aliphatic rings. The molecule has 0 aliphatic carbocycles. The van der Waals surface area contributed by atoms with E-state index in [9.17, 15) is 0 Å². The van der Waals surface area contributed by atoms with Crippen molar-refractivity contribution in [3.63, 3.8) is 0 Å². The summed E-state index contributed by atoms with van der Waals surface area (Å²) in [5.41, 5.74) is 6.77. The van der Waals surface area contributed by atoms with Crippen molar-refractivity contribution in [1.29, 1.82) is 0 Å². The molecule has 0 aliphatic heterocycles. The summed E-state index contributed by atoms with van der Waals surface area (Å²) in [6, 6.07) is 3.86. The van der Waals surface area contributed by atoms with Gasteiger partial charge in [-0.05, 0) is 13.0 Å². The number of pyridine rings is 1. The molecule has 2 aromatic rings. The van der Waals surface area contributed by atoms with Crippen molar-refractivity contribution in [2.24, 2.45) is 0 Å². The lowest BCUT2D eigenvalue weighted by atomic mass is 10.3. The second-order valence-corrected chi connectivity index (χ2v) is 5.33. The zero-order valence-corrected chi connectivity index (χ0v) is 9.81. The minimum Gasteiger partial charge on any atom is -0.383 e. The van der Waals surface area contributed by atoms with Gasteiger partial charge in [-0.1, -0.05) is 29.2 Å². The van der Waals surface area contributed by atoms with Crippen molar-refractivity contribution >= 4 is 28.9 Å². The van der Waals surface area contributed by atoms with Crippen LogP contribution in [0.1, 0.15) is 10.6 Å². The smallest absolute Gasteiger partial charge is 0.174 e. The minimum atomic E-state index is 0.589. The molecule has 0 saturated heterocycles. The Kier molecular flexibility index (Phi) is 3.17. The molecule has 0 unspecified atom stereocenters. The van der Waals surface area contributed by atoms with Crippen LogP contribution >= 0.6 is 23.1 Å². The zero-order valence-electron chi connectivity index (χ0n) is 8.17. The molecule has 2 rings (SSSR count). The summed E-state index contributed by atoms with van der Waals surface area (Å²) in [7, 11) is 0. The molecule has 0 fully saturated rings. The number of aromatic nitrogens is 3. The fraction of sp³-hybridized carbons (Fsp3) is 0.222. The third-order valence-corrected chi connectivity index (χ3v) is 3.81. The van der Waals surface area contributed by atoms with E-state index < -0.39 is 0 Å². The first-order chi connectivity index (χ1) is 7.25. The molecule has 0 amide bonds. The standard InChI is InChI=1S/C9H10N4S2/c1-6-12-13-9(15-6)14-5-7-3-2-4-11-8(7)10/h2-4H,5H2,1H3,(H2,10,11). The molecular formula is C9H10N4S2. The van der Waals surface area contributed by atoms with E-state index in [0.717, 1.165) is 20.7 Å². The highest BCUT2D eigenvalue weighted by atomic mass is 32.2. The lowest BCUT2D eigenvalue weighted by Crippen LogP contribution is -1.94. The predicted molar refractivity (Wildman–Crippen MR) is 62.9 cm³/mol. The Morgan fingerprint density at radius 2 is 2.33 bits per heavy atom. The maximum Gasteiger partial charge on any atom is 0.174 e. The van der Waals surface area contributed by atoms with Crippen LogP contribution in [0.4, 0.5) is 5.82 Å². The summed E-state index contributed by atoms with van der Waals surface area (Å²) < 4.78 is 0.968. The SMILES string of the molecule is Cc1nnc(SCc2cccnc2N)s1. The van der Waals surface area contributed by atoms with Gasteiger partial charge in [-0.25, -0.2) is 4.98 Å². The van der Waals surface area contributed by atoms with Crippen LogP contribution in [0.5, 0.6) is 0 Å². The molecule has 0 saturated carbocycles. The number of nitrogens with zero attached hydrogens (tertiary/aromatic N) is 3. The van der Waals surface area contributed by atoms with E-state index >= 15 is 0 Å². The number of aryl methyl sites for hydroxylation is 1. The number of rotatable bonds is 3. The van der Waals surface area contributed by atoms with E-state index in [-0.39, 0.29) is 0 Å². The minimum absolute atomic E-state index is 0.589. The Balaban J connectivity index is 2.02. The first-order valence-electron chi connectivity index (χ1n) is 4.38. The molecule has 2 N–H and O–H groups in total. The summed E-state index contributed by atoms with van der Waals surface area (Å²) in [4.78, 5) is 4.03. The van der Waals surface area contributed by atoms with Gasteiger partial charge in [0.1, 0.15) is 10.8 Å². The summed E-state index contributed by atoms with van der Waals surface area (Å²) in [5.74, 6) is 1.38. The van der Waals surface area contributed by atoms with Gasteiger partial charge in [0.05, 0.1) is 0 Å². The maximum atomic E-state index is 5.73. The number of hydrogen-bond donors (Lipinski definition) is 1. The summed E-state index contributed by atoms with van der Waals surface area (Å²) in [5, 5.41) is 8.97. The lowest BCUT2D eigenvalue weighted by molar-refractivity contribution is 0.983. The summed E-state index contributed by atoms with van der Waals surface area (Å²) in [6.45, 7) is 1.94. The third kappa shape index (κ3) is 2.66. The third-order valence-electron chi connectivity index (χ3n) is 1.78. The maximum absolute atomic E-state index is 5.73. The molecule has 0 spiro atoms. The van der Waals surface area contributed by atoms with Gasteiger partial charge in [0.25, 0.3) is 0 Å². The fourth-order valence-electron chi connectivity index (χ4n) is 1.05. The van der Waals surface area contributed by atoms with Crippen LogP contribution in [-0.4, -0.2) is 15.2 Å². The molecule has 0 bridgehead atoms. The largest absolute Gasteiger partial charge is 0.383 e. The highest BCUT2D eigenvalue weighted by molar-refractivity contribution is 8.00. The Morgan fingerprint density at radius 3 is 3.00 bits per heavy atom. The van der Waals surface area contributed by atoms with E-state index in [1.165, 1.54) is 0 Å². The van der Waals surface area contributed by atoms with Gasteiger partial charge < -0.3 is 5.73 Å².